The summed E-state index contributed by atoms with van der Waals surface area (Å²) >= 11 is 5.71. The Kier molecular flexibility index (Phi) is 4.11. The average Bonchev–Trinajstić information content (AvgIpc) is 2.42. The average molecular weight is 274 g/mol. The highest BCUT2D eigenvalue weighted by Crippen LogP contribution is 2.20. The van der Waals surface area contributed by atoms with E-state index in [1.54, 1.807) is 30.3 Å². The first-order chi connectivity index (χ1) is 9.19. The first kappa shape index (κ1) is 13.1. The minimum absolute atomic E-state index is 0.0767. The predicted molar refractivity (Wildman–Crippen MR) is 73.6 cm³/mol. The van der Waals surface area contributed by atoms with Gasteiger partial charge in [0.15, 0.2) is 11.6 Å². The van der Waals surface area contributed by atoms with Crippen molar-refractivity contribution < 1.29 is 4.39 Å². The number of nitriles is 1. The summed E-state index contributed by atoms with van der Waals surface area (Å²) in [6.07, 6.45) is 3.07. The zero-order valence-electron chi connectivity index (χ0n) is 9.77. The van der Waals surface area contributed by atoms with Gasteiger partial charge in [-0.2, -0.15) is 5.26 Å². The van der Waals surface area contributed by atoms with Gasteiger partial charge in [-0.1, -0.05) is 23.7 Å². The fourth-order valence-electron chi connectivity index (χ4n) is 1.45. The van der Waals surface area contributed by atoms with E-state index in [9.17, 15) is 4.39 Å². The van der Waals surface area contributed by atoms with Crippen molar-refractivity contribution in [3.05, 3.63) is 59.0 Å². The fraction of sp³-hybridized carbons (Fsp3) is 0. The molecule has 2 rings (SSSR count). The monoisotopic (exact) mass is 273 g/mol. The first-order valence-corrected chi connectivity index (χ1v) is 5.82. The first-order valence-electron chi connectivity index (χ1n) is 5.44. The molecule has 0 radical (unpaired) electrons. The van der Waals surface area contributed by atoms with Gasteiger partial charge in [0.25, 0.3) is 0 Å². The molecule has 0 amide bonds. The molecule has 0 spiro atoms. The van der Waals surface area contributed by atoms with Gasteiger partial charge in [-0.25, -0.2) is 9.37 Å². The molecular weight excluding hydrogens is 265 g/mol. The molecule has 0 aliphatic heterocycles. The second-order valence-corrected chi connectivity index (χ2v) is 4.06. The maximum Gasteiger partial charge on any atom is 0.168 e. The lowest BCUT2D eigenvalue weighted by molar-refractivity contribution is 0.626. The Hall–Kier alpha value is -2.38. The van der Waals surface area contributed by atoms with E-state index in [4.69, 9.17) is 16.9 Å². The third-order valence-electron chi connectivity index (χ3n) is 2.34. The minimum Gasteiger partial charge on any atom is -0.338 e. The Morgan fingerprint density at radius 3 is 2.63 bits per heavy atom. The summed E-state index contributed by atoms with van der Waals surface area (Å²) in [6, 6.07) is 11.7. The number of halogens is 2. The van der Waals surface area contributed by atoms with Crippen LogP contribution in [0.3, 0.4) is 0 Å². The van der Waals surface area contributed by atoms with Crippen LogP contribution in [0.15, 0.2) is 42.5 Å². The number of rotatable bonds is 3. The van der Waals surface area contributed by atoms with Crippen LogP contribution in [-0.4, -0.2) is 4.98 Å². The van der Waals surface area contributed by atoms with Crippen molar-refractivity contribution in [1.29, 1.82) is 5.26 Å². The van der Waals surface area contributed by atoms with E-state index in [1.807, 2.05) is 6.07 Å². The van der Waals surface area contributed by atoms with Gasteiger partial charge >= 0.3 is 0 Å². The molecule has 1 heterocycles. The van der Waals surface area contributed by atoms with Crippen LogP contribution in [0.4, 0.5) is 15.9 Å². The lowest BCUT2D eigenvalue weighted by Gasteiger charge is -2.07. The van der Waals surface area contributed by atoms with Gasteiger partial charge < -0.3 is 5.32 Å². The number of nitrogens with one attached hydrogen (secondary N) is 1. The standard InChI is InChI=1S/C14H9ClFN3/c15-13-8-7-12(16)14(19-13)18-11-5-3-10(4-6-11)2-1-9-17/h1-8H,(H,18,19). The summed E-state index contributed by atoms with van der Waals surface area (Å²) in [4.78, 5) is 3.86. The highest BCUT2D eigenvalue weighted by atomic mass is 35.5. The maximum atomic E-state index is 13.5. The van der Waals surface area contributed by atoms with Crippen molar-refractivity contribution in [3.8, 4) is 6.07 Å². The number of allylic oxidation sites excluding steroid dienone is 1. The van der Waals surface area contributed by atoms with Gasteiger partial charge in [0, 0.05) is 11.8 Å². The van der Waals surface area contributed by atoms with Crippen molar-refractivity contribution in [1.82, 2.24) is 4.98 Å². The SMILES string of the molecule is N#CC=Cc1ccc(Nc2nc(Cl)ccc2F)cc1. The molecule has 0 bridgehead atoms. The Morgan fingerprint density at radius 2 is 1.95 bits per heavy atom. The molecule has 94 valence electrons. The van der Waals surface area contributed by atoms with Crippen LogP contribution in [0.25, 0.3) is 6.08 Å². The van der Waals surface area contributed by atoms with Gasteiger partial charge in [0.1, 0.15) is 5.15 Å². The molecule has 0 aliphatic carbocycles. The van der Waals surface area contributed by atoms with Crippen LogP contribution >= 0.6 is 11.6 Å². The molecule has 0 saturated carbocycles. The largest absolute Gasteiger partial charge is 0.338 e. The van der Waals surface area contributed by atoms with Gasteiger partial charge in [-0.3, -0.25) is 0 Å². The van der Waals surface area contributed by atoms with Crippen molar-refractivity contribution in [3.63, 3.8) is 0 Å². The van der Waals surface area contributed by atoms with Crippen molar-refractivity contribution in [2.75, 3.05) is 5.32 Å². The molecule has 0 fully saturated rings. The fourth-order valence-corrected chi connectivity index (χ4v) is 1.60. The topological polar surface area (TPSA) is 48.7 Å². The normalized spacial score (nSPS) is 10.4. The summed E-state index contributed by atoms with van der Waals surface area (Å²) in [5.74, 6) is -0.398. The minimum atomic E-state index is -0.474. The number of hydrogen-bond acceptors (Lipinski definition) is 3. The summed E-state index contributed by atoms with van der Waals surface area (Å²) in [5, 5.41) is 11.5. The number of aromatic nitrogens is 1. The number of benzene rings is 1. The molecular formula is C14H9ClFN3. The van der Waals surface area contributed by atoms with E-state index in [1.165, 1.54) is 18.2 Å². The van der Waals surface area contributed by atoms with Crippen LogP contribution in [0.5, 0.6) is 0 Å². The van der Waals surface area contributed by atoms with E-state index in [2.05, 4.69) is 10.3 Å². The van der Waals surface area contributed by atoms with Crippen molar-refractivity contribution >= 4 is 29.2 Å². The predicted octanol–water partition coefficient (Wildman–Crippen LogP) is 4.15. The molecule has 0 saturated heterocycles. The van der Waals surface area contributed by atoms with E-state index < -0.39 is 5.82 Å². The third-order valence-corrected chi connectivity index (χ3v) is 2.55. The zero-order chi connectivity index (χ0) is 13.7. The van der Waals surface area contributed by atoms with E-state index in [0.29, 0.717) is 5.69 Å². The Morgan fingerprint density at radius 1 is 1.21 bits per heavy atom. The molecule has 0 aliphatic rings. The molecule has 5 heteroatoms. The lowest BCUT2D eigenvalue weighted by atomic mass is 10.2. The highest BCUT2D eigenvalue weighted by molar-refractivity contribution is 6.29. The van der Waals surface area contributed by atoms with Gasteiger partial charge in [-0.05, 0) is 35.9 Å². The Balaban J connectivity index is 2.18. The maximum absolute atomic E-state index is 13.5. The van der Waals surface area contributed by atoms with Crippen LogP contribution in [0.2, 0.25) is 5.15 Å². The van der Waals surface area contributed by atoms with Gasteiger partial charge in [0.2, 0.25) is 0 Å². The smallest absolute Gasteiger partial charge is 0.168 e. The lowest BCUT2D eigenvalue weighted by Crippen LogP contribution is -1.97. The molecule has 1 aromatic carbocycles. The molecule has 3 nitrogen and oxygen atoms in total. The zero-order valence-corrected chi connectivity index (χ0v) is 10.5. The van der Waals surface area contributed by atoms with Crippen LogP contribution in [0, 0.1) is 17.1 Å². The second kappa shape index (κ2) is 5.98. The van der Waals surface area contributed by atoms with E-state index in [-0.39, 0.29) is 11.0 Å². The summed E-state index contributed by atoms with van der Waals surface area (Å²) < 4.78 is 13.5. The van der Waals surface area contributed by atoms with Gasteiger partial charge in [-0.15, -0.1) is 0 Å². The van der Waals surface area contributed by atoms with Crippen LogP contribution in [0.1, 0.15) is 5.56 Å². The molecule has 0 unspecified atom stereocenters. The molecule has 2 aromatic rings. The van der Waals surface area contributed by atoms with Crippen LogP contribution < -0.4 is 5.32 Å². The van der Waals surface area contributed by atoms with Crippen LogP contribution in [-0.2, 0) is 0 Å². The van der Waals surface area contributed by atoms with E-state index >= 15 is 0 Å². The Labute approximate surface area is 115 Å². The molecule has 1 aromatic heterocycles. The molecule has 0 atom stereocenters. The quantitative estimate of drug-likeness (QED) is 0.675. The molecule has 1 N–H and O–H groups in total. The second-order valence-electron chi connectivity index (χ2n) is 3.67. The Bertz CT molecular complexity index is 645. The van der Waals surface area contributed by atoms with Crippen molar-refractivity contribution in [2.24, 2.45) is 0 Å². The summed E-state index contributed by atoms with van der Waals surface area (Å²) in [7, 11) is 0. The number of hydrogen-bond donors (Lipinski definition) is 1. The summed E-state index contributed by atoms with van der Waals surface area (Å²) in [5.41, 5.74) is 1.56. The van der Waals surface area contributed by atoms with Crippen molar-refractivity contribution in [2.45, 2.75) is 0 Å². The number of anilines is 2. The van der Waals surface area contributed by atoms with Gasteiger partial charge in [0.05, 0.1) is 6.07 Å². The van der Waals surface area contributed by atoms with E-state index in [0.717, 1.165) is 5.56 Å². The number of pyridine rings is 1. The highest BCUT2D eigenvalue weighted by Gasteiger charge is 2.04. The summed E-state index contributed by atoms with van der Waals surface area (Å²) in [6.45, 7) is 0. The third kappa shape index (κ3) is 3.54. The number of nitrogens with zero attached hydrogens (tertiary/aromatic N) is 2. The molecule has 19 heavy (non-hydrogen) atoms.